The van der Waals surface area contributed by atoms with Crippen molar-refractivity contribution in [2.75, 3.05) is 22.6 Å². The van der Waals surface area contributed by atoms with Crippen molar-refractivity contribution in [1.82, 2.24) is 9.97 Å². The van der Waals surface area contributed by atoms with E-state index in [1.54, 1.807) is 31.3 Å². The smallest absolute Gasteiger partial charge is 0.329 e. The number of pyridine rings is 1. The Morgan fingerprint density at radius 1 is 1.00 bits per heavy atom. The van der Waals surface area contributed by atoms with Crippen LogP contribution in [0.1, 0.15) is 28.8 Å². The molecule has 2 aromatic carbocycles. The minimum atomic E-state index is -4.53. The Morgan fingerprint density at radius 3 is 2.53 bits per heavy atom. The highest BCUT2D eigenvalue weighted by molar-refractivity contribution is 7.22. The molecule has 1 saturated carbocycles. The van der Waals surface area contributed by atoms with Crippen LogP contribution in [0.5, 0.6) is 0 Å². The molecule has 4 aromatic rings. The van der Waals surface area contributed by atoms with E-state index in [2.05, 4.69) is 20.6 Å². The second kappa shape index (κ2) is 9.23. The van der Waals surface area contributed by atoms with Gasteiger partial charge in [-0.15, -0.1) is 0 Å². The average Bonchev–Trinajstić information content (AvgIpc) is 3.63. The third kappa shape index (κ3) is 5.15. The number of anilines is 4. The van der Waals surface area contributed by atoms with Gasteiger partial charge in [-0.05, 0) is 61.4 Å². The summed E-state index contributed by atoms with van der Waals surface area (Å²) >= 11 is 1.29. The number of aromatic nitrogens is 2. The predicted octanol–water partition coefficient (Wildman–Crippen LogP) is 6.08. The lowest BCUT2D eigenvalue weighted by molar-refractivity contribution is -0.137. The molecule has 184 valence electrons. The fraction of sp³-hybridized carbons (Fsp3) is 0.200. The molecular formula is C25H20F3N5O2S. The SMILES string of the molecule is CN(c1cccc(NC(=O)c2cccc(C(F)(F)F)c2)c1)c1ccc2nc(NC(=O)C3CC3)sc2n1. The summed E-state index contributed by atoms with van der Waals surface area (Å²) in [5.74, 6) is 0.0295. The summed E-state index contributed by atoms with van der Waals surface area (Å²) in [7, 11) is 1.80. The van der Waals surface area contributed by atoms with Gasteiger partial charge in [0.15, 0.2) is 5.13 Å². The van der Waals surface area contributed by atoms with Crippen LogP contribution in [0.4, 0.5) is 35.5 Å². The molecule has 0 spiro atoms. The van der Waals surface area contributed by atoms with E-state index in [1.807, 2.05) is 17.0 Å². The number of benzene rings is 2. The Kier molecular flexibility index (Phi) is 6.09. The van der Waals surface area contributed by atoms with Gasteiger partial charge >= 0.3 is 6.18 Å². The molecule has 0 aliphatic heterocycles. The van der Waals surface area contributed by atoms with Gasteiger partial charge in [-0.3, -0.25) is 9.59 Å². The lowest BCUT2D eigenvalue weighted by Crippen LogP contribution is -2.15. The number of thiazole rings is 1. The molecule has 2 N–H and O–H groups in total. The van der Waals surface area contributed by atoms with Gasteiger partial charge in [-0.2, -0.15) is 13.2 Å². The van der Waals surface area contributed by atoms with Crippen LogP contribution in [-0.4, -0.2) is 28.8 Å². The fourth-order valence-electron chi connectivity index (χ4n) is 3.57. The topological polar surface area (TPSA) is 87.2 Å². The number of fused-ring (bicyclic) bond motifs is 1. The van der Waals surface area contributed by atoms with Crippen LogP contribution in [0.25, 0.3) is 10.3 Å². The first-order valence-corrected chi connectivity index (χ1v) is 11.9. The zero-order valence-electron chi connectivity index (χ0n) is 19.0. The molecular weight excluding hydrogens is 491 g/mol. The van der Waals surface area contributed by atoms with E-state index in [0.717, 1.165) is 25.0 Å². The Hall–Kier alpha value is -3.99. The van der Waals surface area contributed by atoms with Gasteiger partial charge in [0, 0.05) is 29.9 Å². The second-order valence-corrected chi connectivity index (χ2v) is 9.40. The third-order valence-corrected chi connectivity index (χ3v) is 6.59. The van der Waals surface area contributed by atoms with Crippen LogP contribution >= 0.6 is 11.3 Å². The zero-order chi connectivity index (χ0) is 25.4. The van der Waals surface area contributed by atoms with Crippen molar-refractivity contribution < 1.29 is 22.8 Å². The summed E-state index contributed by atoms with van der Waals surface area (Å²) in [6.45, 7) is 0. The van der Waals surface area contributed by atoms with Crippen molar-refractivity contribution >= 4 is 55.8 Å². The summed E-state index contributed by atoms with van der Waals surface area (Å²) in [5.41, 5.74) is 0.820. The number of alkyl halides is 3. The lowest BCUT2D eigenvalue weighted by atomic mass is 10.1. The molecule has 0 atom stereocenters. The molecule has 7 nitrogen and oxygen atoms in total. The predicted molar refractivity (Wildman–Crippen MR) is 133 cm³/mol. The standard InChI is InChI=1S/C25H20F3N5O2S/c1-33(20-11-10-19-23(31-20)36-24(30-19)32-21(34)14-8-9-14)18-7-3-6-17(13-18)29-22(35)15-4-2-5-16(12-15)25(26,27)28/h2-7,10-14H,8-9H2,1H3,(H,29,35)(H,30,32,34). The molecule has 2 amide bonds. The van der Waals surface area contributed by atoms with Crippen LogP contribution in [0.2, 0.25) is 0 Å². The minimum absolute atomic E-state index is 0.0182. The molecule has 0 unspecified atom stereocenters. The summed E-state index contributed by atoms with van der Waals surface area (Å²) in [6.07, 6.45) is -2.72. The molecule has 11 heteroatoms. The highest BCUT2D eigenvalue weighted by Gasteiger charge is 2.31. The molecule has 2 heterocycles. The van der Waals surface area contributed by atoms with Crippen LogP contribution in [-0.2, 0) is 11.0 Å². The normalized spacial score (nSPS) is 13.4. The van der Waals surface area contributed by atoms with Gasteiger partial charge in [-0.25, -0.2) is 9.97 Å². The van der Waals surface area contributed by atoms with Crippen molar-refractivity contribution in [3.8, 4) is 0 Å². The summed E-state index contributed by atoms with van der Waals surface area (Å²) in [6, 6.07) is 14.8. The van der Waals surface area contributed by atoms with E-state index in [1.165, 1.54) is 23.5 Å². The molecule has 0 saturated heterocycles. The monoisotopic (exact) mass is 511 g/mol. The molecule has 0 bridgehead atoms. The first kappa shape index (κ1) is 23.7. The third-order valence-electron chi connectivity index (χ3n) is 5.71. The molecule has 36 heavy (non-hydrogen) atoms. The van der Waals surface area contributed by atoms with Crippen molar-refractivity contribution in [3.05, 3.63) is 71.8 Å². The maximum Gasteiger partial charge on any atom is 0.416 e. The Morgan fingerprint density at radius 2 is 1.78 bits per heavy atom. The molecule has 1 aliphatic carbocycles. The number of nitrogens with zero attached hydrogens (tertiary/aromatic N) is 3. The maximum atomic E-state index is 13.0. The summed E-state index contributed by atoms with van der Waals surface area (Å²) < 4.78 is 39.0. The van der Waals surface area contributed by atoms with Crippen LogP contribution in [0.3, 0.4) is 0 Å². The lowest BCUT2D eigenvalue weighted by Gasteiger charge is -2.19. The largest absolute Gasteiger partial charge is 0.416 e. The Labute approximate surface area is 208 Å². The number of amides is 2. The maximum absolute atomic E-state index is 13.0. The molecule has 1 fully saturated rings. The molecule has 5 rings (SSSR count). The summed E-state index contributed by atoms with van der Waals surface area (Å²) in [4.78, 5) is 36.1. The summed E-state index contributed by atoms with van der Waals surface area (Å²) in [5, 5.41) is 5.99. The van der Waals surface area contributed by atoms with Crippen LogP contribution in [0.15, 0.2) is 60.7 Å². The van der Waals surface area contributed by atoms with E-state index in [-0.39, 0.29) is 17.4 Å². The quantitative estimate of drug-likeness (QED) is 0.328. The van der Waals surface area contributed by atoms with Crippen molar-refractivity contribution in [2.24, 2.45) is 5.92 Å². The van der Waals surface area contributed by atoms with Gasteiger partial charge < -0.3 is 15.5 Å². The number of halogens is 3. The van der Waals surface area contributed by atoms with Crippen molar-refractivity contribution in [2.45, 2.75) is 19.0 Å². The number of nitrogens with one attached hydrogen (secondary N) is 2. The zero-order valence-corrected chi connectivity index (χ0v) is 19.8. The Balaban J connectivity index is 1.32. The first-order valence-electron chi connectivity index (χ1n) is 11.1. The van der Waals surface area contributed by atoms with Gasteiger partial charge in [0.05, 0.1) is 5.56 Å². The van der Waals surface area contributed by atoms with E-state index >= 15 is 0 Å². The van der Waals surface area contributed by atoms with E-state index in [4.69, 9.17) is 0 Å². The number of carbonyl (C=O) groups is 2. The Bertz CT molecular complexity index is 1470. The van der Waals surface area contributed by atoms with E-state index in [9.17, 15) is 22.8 Å². The minimum Gasteiger partial charge on any atom is -0.329 e. The molecule has 2 aromatic heterocycles. The number of hydrogen-bond acceptors (Lipinski definition) is 6. The molecule has 0 radical (unpaired) electrons. The fourth-order valence-corrected chi connectivity index (χ4v) is 4.40. The van der Waals surface area contributed by atoms with Gasteiger partial charge in [0.25, 0.3) is 5.91 Å². The van der Waals surface area contributed by atoms with Crippen molar-refractivity contribution in [3.63, 3.8) is 0 Å². The van der Waals surface area contributed by atoms with E-state index < -0.39 is 17.6 Å². The van der Waals surface area contributed by atoms with Crippen molar-refractivity contribution in [1.29, 1.82) is 0 Å². The van der Waals surface area contributed by atoms with Gasteiger partial charge in [0.1, 0.15) is 16.2 Å². The highest BCUT2D eigenvalue weighted by atomic mass is 32.1. The van der Waals surface area contributed by atoms with Gasteiger partial charge in [0.2, 0.25) is 5.91 Å². The van der Waals surface area contributed by atoms with E-state index in [0.29, 0.717) is 32.7 Å². The second-order valence-electron chi connectivity index (χ2n) is 8.42. The number of hydrogen-bond donors (Lipinski definition) is 2. The van der Waals surface area contributed by atoms with Crippen LogP contribution < -0.4 is 15.5 Å². The first-order chi connectivity index (χ1) is 17.2. The average molecular weight is 512 g/mol. The number of carbonyl (C=O) groups excluding carboxylic acids is 2. The van der Waals surface area contributed by atoms with Gasteiger partial charge in [-0.1, -0.05) is 23.5 Å². The molecule has 1 aliphatic rings. The number of rotatable bonds is 6. The van der Waals surface area contributed by atoms with Crippen LogP contribution in [0, 0.1) is 5.92 Å². The highest BCUT2D eigenvalue weighted by Crippen LogP contribution is 2.33.